The van der Waals surface area contributed by atoms with E-state index < -0.39 is 21.3 Å². The smallest absolute Gasteiger partial charge is 0.323 e. The average molecular weight is 278 g/mol. The molecule has 0 spiro atoms. The maximum atomic E-state index is 11.3. The molecule has 0 radical (unpaired) electrons. The Balaban J connectivity index is 2.58. The fourth-order valence-corrected chi connectivity index (χ4v) is 3.04. The molecule has 7 heteroatoms. The van der Waals surface area contributed by atoms with E-state index in [1.54, 1.807) is 7.05 Å². The summed E-state index contributed by atoms with van der Waals surface area (Å²) < 4.78 is 22.2. The first-order valence-electron chi connectivity index (χ1n) is 6.00. The summed E-state index contributed by atoms with van der Waals surface area (Å²) in [6, 6.07) is 0.121. The topological polar surface area (TPSA) is 86.7 Å². The lowest BCUT2D eigenvalue weighted by molar-refractivity contribution is -0.144. The Labute approximate surface area is 108 Å². The third kappa shape index (κ3) is 3.66. The van der Waals surface area contributed by atoms with E-state index in [0.29, 0.717) is 19.4 Å². The second-order valence-corrected chi connectivity index (χ2v) is 7.40. The summed E-state index contributed by atoms with van der Waals surface area (Å²) in [5.74, 6) is -0.719. The lowest BCUT2D eigenvalue weighted by Crippen LogP contribution is -2.49. The Morgan fingerprint density at radius 2 is 2.17 bits per heavy atom. The minimum Gasteiger partial charge on any atom is -0.480 e. The Hall–Kier alpha value is -0.660. The van der Waals surface area contributed by atoms with Crippen LogP contribution in [0.15, 0.2) is 0 Å². The van der Waals surface area contributed by atoms with E-state index in [-0.39, 0.29) is 11.8 Å². The van der Waals surface area contributed by atoms with Gasteiger partial charge in [0.1, 0.15) is 15.4 Å². The molecule has 1 fully saturated rings. The molecule has 106 valence electrons. The van der Waals surface area contributed by atoms with Crippen LogP contribution < -0.4 is 5.32 Å². The molecule has 6 nitrogen and oxygen atoms in total. The van der Waals surface area contributed by atoms with Crippen LogP contribution in [0.2, 0.25) is 0 Å². The van der Waals surface area contributed by atoms with Gasteiger partial charge in [-0.05, 0) is 33.4 Å². The van der Waals surface area contributed by atoms with Gasteiger partial charge in [0, 0.05) is 18.8 Å². The van der Waals surface area contributed by atoms with E-state index in [1.165, 1.54) is 6.26 Å². The highest BCUT2D eigenvalue weighted by atomic mass is 32.2. The van der Waals surface area contributed by atoms with E-state index in [4.69, 9.17) is 0 Å². The van der Waals surface area contributed by atoms with Gasteiger partial charge >= 0.3 is 5.97 Å². The van der Waals surface area contributed by atoms with Crippen molar-refractivity contribution < 1.29 is 18.3 Å². The monoisotopic (exact) mass is 278 g/mol. The lowest BCUT2D eigenvalue weighted by Gasteiger charge is -2.27. The maximum Gasteiger partial charge on any atom is 0.323 e. The highest BCUT2D eigenvalue weighted by molar-refractivity contribution is 7.90. The van der Waals surface area contributed by atoms with Crippen LogP contribution in [0.25, 0.3) is 0 Å². The van der Waals surface area contributed by atoms with Crippen LogP contribution in [-0.2, 0) is 14.6 Å². The number of hydrogen-bond donors (Lipinski definition) is 2. The Morgan fingerprint density at radius 1 is 1.56 bits per heavy atom. The maximum absolute atomic E-state index is 11.3. The highest BCUT2D eigenvalue weighted by Crippen LogP contribution is 2.32. The van der Waals surface area contributed by atoms with Crippen molar-refractivity contribution in [2.24, 2.45) is 0 Å². The molecule has 1 aliphatic carbocycles. The van der Waals surface area contributed by atoms with E-state index >= 15 is 0 Å². The predicted molar refractivity (Wildman–Crippen MR) is 69.4 cm³/mol. The van der Waals surface area contributed by atoms with Crippen LogP contribution in [0.1, 0.15) is 19.3 Å². The van der Waals surface area contributed by atoms with Gasteiger partial charge in [-0.2, -0.15) is 0 Å². The number of rotatable bonds is 6. The number of hydrogen-bond acceptors (Lipinski definition) is 5. The number of carboxylic acids is 1. The van der Waals surface area contributed by atoms with Crippen molar-refractivity contribution in [3.8, 4) is 0 Å². The molecule has 0 aromatic carbocycles. The van der Waals surface area contributed by atoms with Crippen molar-refractivity contribution in [1.29, 1.82) is 0 Å². The summed E-state index contributed by atoms with van der Waals surface area (Å²) in [5, 5.41) is 12.1. The summed E-state index contributed by atoms with van der Waals surface area (Å²) in [6.07, 6.45) is 3.07. The lowest BCUT2D eigenvalue weighted by atomic mass is 9.98. The van der Waals surface area contributed by atoms with Crippen LogP contribution in [-0.4, -0.2) is 68.6 Å². The number of likely N-dealkylation sites (N-methyl/N-ethyl adjacent to an activating group) is 1. The molecule has 1 saturated carbocycles. The van der Waals surface area contributed by atoms with Gasteiger partial charge < -0.3 is 15.3 Å². The van der Waals surface area contributed by atoms with Crippen molar-refractivity contribution in [3.63, 3.8) is 0 Å². The largest absolute Gasteiger partial charge is 0.480 e. The molecule has 2 atom stereocenters. The molecule has 2 unspecified atom stereocenters. The van der Waals surface area contributed by atoms with Gasteiger partial charge in [0.05, 0.1) is 5.75 Å². The molecular weight excluding hydrogens is 256 g/mol. The van der Waals surface area contributed by atoms with Gasteiger partial charge in [-0.1, -0.05) is 0 Å². The number of nitrogens with one attached hydrogen (secondary N) is 1. The fourth-order valence-electron chi connectivity index (χ4n) is 2.42. The first-order chi connectivity index (χ1) is 8.20. The Kier molecular flexibility index (Phi) is 4.74. The third-order valence-electron chi connectivity index (χ3n) is 3.81. The van der Waals surface area contributed by atoms with Crippen molar-refractivity contribution >= 4 is 15.8 Å². The third-order valence-corrected chi connectivity index (χ3v) is 4.74. The van der Waals surface area contributed by atoms with Crippen LogP contribution in [0.4, 0.5) is 0 Å². The molecule has 0 heterocycles. The molecule has 0 bridgehead atoms. The molecule has 0 aromatic rings. The minimum atomic E-state index is -2.97. The molecule has 0 aliphatic heterocycles. The Bertz CT molecular complexity index is 409. The number of nitrogens with zero attached hydrogens (tertiary/aromatic N) is 1. The zero-order valence-corrected chi connectivity index (χ0v) is 12.0. The molecular formula is C11H22N2O4S. The summed E-state index contributed by atoms with van der Waals surface area (Å²) in [7, 11) is 0.537. The summed E-state index contributed by atoms with van der Waals surface area (Å²) in [5.41, 5.74) is -0.857. The van der Waals surface area contributed by atoms with Crippen LogP contribution in [0.3, 0.4) is 0 Å². The number of aliphatic carboxylic acids is 1. The van der Waals surface area contributed by atoms with Crippen LogP contribution >= 0.6 is 0 Å². The minimum absolute atomic E-state index is 0.111. The summed E-state index contributed by atoms with van der Waals surface area (Å²) in [4.78, 5) is 13.2. The van der Waals surface area contributed by atoms with E-state index in [2.05, 4.69) is 5.32 Å². The zero-order valence-electron chi connectivity index (χ0n) is 11.1. The molecule has 0 aromatic heterocycles. The van der Waals surface area contributed by atoms with Crippen molar-refractivity contribution in [3.05, 3.63) is 0 Å². The summed E-state index contributed by atoms with van der Waals surface area (Å²) in [6.45, 7) is 0.447. The highest BCUT2D eigenvalue weighted by Gasteiger charge is 2.45. The van der Waals surface area contributed by atoms with E-state index in [0.717, 1.165) is 6.42 Å². The number of sulfone groups is 1. The van der Waals surface area contributed by atoms with Gasteiger partial charge in [-0.25, -0.2) is 8.42 Å². The number of carbonyl (C=O) groups is 1. The van der Waals surface area contributed by atoms with E-state index in [9.17, 15) is 18.3 Å². The molecule has 1 aliphatic rings. The first kappa shape index (κ1) is 15.4. The number of carboxylic acid groups (broad SMARTS) is 1. The van der Waals surface area contributed by atoms with Crippen molar-refractivity contribution in [2.75, 3.05) is 32.6 Å². The molecule has 0 amide bonds. The van der Waals surface area contributed by atoms with Crippen molar-refractivity contribution in [1.82, 2.24) is 10.2 Å². The zero-order chi connectivity index (χ0) is 14.0. The van der Waals surface area contributed by atoms with E-state index in [1.807, 2.05) is 11.9 Å². The second-order valence-electron chi connectivity index (χ2n) is 5.14. The second kappa shape index (κ2) is 5.54. The molecule has 2 N–H and O–H groups in total. The normalized spacial score (nSPS) is 28.8. The molecule has 18 heavy (non-hydrogen) atoms. The SMILES string of the molecule is CNC1(C(=O)O)CCC(N(C)CCS(C)(=O)=O)C1. The summed E-state index contributed by atoms with van der Waals surface area (Å²) >= 11 is 0. The quantitative estimate of drug-likeness (QED) is 0.685. The fraction of sp³-hybridized carbons (Fsp3) is 0.909. The van der Waals surface area contributed by atoms with Crippen LogP contribution in [0.5, 0.6) is 0 Å². The van der Waals surface area contributed by atoms with Gasteiger partial charge in [0.15, 0.2) is 0 Å². The molecule has 0 saturated heterocycles. The van der Waals surface area contributed by atoms with Crippen molar-refractivity contribution in [2.45, 2.75) is 30.8 Å². The average Bonchev–Trinajstić information content (AvgIpc) is 2.70. The van der Waals surface area contributed by atoms with Gasteiger partial charge in [-0.3, -0.25) is 4.79 Å². The van der Waals surface area contributed by atoms with Gasteiger partial charge in [-0.15, -0.1) is 0 Å². The Morgan fingerprint density at radius 3 is 2.56 bits per heavy atom. The standard InChI is InChI=1S/C11H22N2O4S/c1-12-11(10(14)15)5-4-9(8-11)13(2)6-7-18(3,16)17/h9,12H,4-8H2,1-3H3,(H,14,15). The molecule has 1 rings (SSSR count). The first-order valence-corrected chi connectivity index (χ1v) is 8.06. The van der Waals surface area contributed by atoms with Gasteiger partial charge in [0.2, 0.25) is 0 Å². The van der Waals surface area contributed by atoms with Crippen LogP contribution in [0, 0.1) is 0 Å². The van der Waals surface area contributed by atoms with Gasteiger partial charge in [0.25, 0.3) is 0 Å². The predicted octanol–water partition coefficient (Wildman–Crippen LogP) is -0.442.